The van der Waals surface area contributed by atoms with Crippen LogP contribution in [0.1, 0.15) is 5.82 Å². The SMILES string of the molecule is Cc1nnc(-c2ccc(F)cc2[N+](=O)[O-])nn1. The lowest BCUT2D eigenvalue weighted by atomic mass is 10.1. The summed E-state index contributed by atoms with van der Waals surface area (Å²) in [5.74, 6) is -0.366. The van der Waals surface area contributed by atoms with Crippen LogP contribution in [0.25, 0.3) is 11.4 Å². The fraction of sp³-hybridized carbons (Fsp3) is 0.111. The van der Waals surface area contributed by atoms with Crippen molar-refractivity contribution in [2.75, 3.05) is 0 Å². The molecule has 0 atom stereocenters. The number of nitro benzene ring substituents is 1. The fourth-order valence-corrected chi connectivity index (χ4v) is 1.23. The largest absolute Gasteiger partial charge is 0.283 e. The minimum Gasteiger partial charge on any atom is -0.258 e. The number of benzene rings is 1. The minimum atomic E-state index is -0.707. The van der Waals surface area contributed by atoms with E-state index in [4.69, 9.17) is 0 Å². The first-order valence-corrected chi connectivity index (χ1v) is 4.56. The number of hydrogen-bond acceptors (Lipinski definition) is 6. The zero-order chi connectivity index (χ0) is 12.4. The second-order valence-electron chi connectivity index (χ2n) is 3.19. The third kappa shape index (κ3) is 2.19. The van der Waals surface area contributed by atoms with Gasteiger partial charge >= 0.3 is 0 Å². The van der Waals surface area contributed by atoms with Crippen LogP contribution in [-0.2, 0) is 0 Å². The Hall–Kier alpha value is -2.51. The van der Waals surface area contributed by atoms with Crippen molar-refractivity contribution in [3.63, 3.8) is 0 Å². The van der Waals surface area contributed by atoms with E-state index >= 15 is 0 Å². The number of hydrogen-bond donors (Lipinski definition) is 0. The maximum atomic E-state index is 12.9. The third-order valence-electron chi connectivity index (χ3n) is 1.98. The van der Waals surface area contributed by atoms with E-state index in [0.717, 1.165) is 12.1 Å². The molecule has 8 heteroatoms. The molecule has 0 unspecified atom stereocenters. The van der Waals surface area contributed by atoms with Crippen LogP contribution in [0.15, 0.2) is 18.2 Å². The Kier molecular flexibility index (Phi) is 2.69. The molecule has 0 aliphatic rings. The maximum absolute atomic E-state index is 12.9. The van der Waals surface area contributed by atoms with Crippen molar-refractivity contribution < 1.29 is 9.31 Å². The maximum Gasteiger partial charge on any atom is 0.283 e. The molecule has 1 aromatic carbocycles. The molecular weight excluding hydrogens is 229 g/mol. The molecule has 0 fully saturated rings. The Bertz CT molecular complexity index is 572. The van der Waals surface area contributed by atoms with Crippen LogP contribution in [-0.4, -0.2) is 25.3 Å². The van der Waals surface area contributed by atoms with E-state index in [-0.39, 0.29) is 11.4 Å². The first-order valence-electron chi connectivity index (χ1n) is 4.56. The Labute approximate surface area is 94.5 Å². The van der Waals surface area contributed by atoms with Crippen molar-refractivity contribution in [1.29, 1.82) is 0 Å². The first-order chi connectivity index (χ1) is 8.08. The van der Waals surface area contributed by atoms with E-state index < -0.39 is 16.4 Å². The van der Waals surface area contributed by atoms with E-state index in [9.17, 15) is 14.5 Å². The Morgan fingerprint density at radius 2 is 1.88 bits per heavy atom. The predicted octanol–water partition coefficient (Wildman–Crippen LogP) is 1.29. The van der Waals surface area contributed by atoms with Gasteiger partial charge in [-0.3, -0.25) is 10.1 Å². The molecule has 7 nitrogen and oxygen atoms in total. The van der Waals surface area contributed by atoms with Crippen molar-refractivity contribution in [1.82, 2.24) is 20.4 Å². The minimum absolute atomic E-state index is 0.0118. The molecular formula is C9H6FN5O2. The predicted molar refractivity (Wildman–Crippen MR) is 54.4 cm³/mol. The van der Waals surface area contributed by atoms with E-state index in [2.05, 4.69) is 20.4 Å². The molecule has 0 spiro atoms. The zero-order valence-corrected chi connectivity index (χ0v) is 8.66. The van der Waals surface area contributed by atoms with Gasteiger partial charge in [-0.05, 0) is 19.1 Å². The molecule has 0 radical (unpaired) electrons. The topological polar surface area (TPSA) is 94.7 Å². The highest BCUT2D eigenvalue weighted by molar-refractivity contribution is 5.67. The van der Waals surface area contributed by atoms with E-state index in [1.54, 1.807) is 6.92 Å². The molecule has 0 aliphatic carbocycles. The van der Waals surface area contributed by atoms with Gasteiger partial charge in [0, 0.05) is 0 Å². The Morgan fingerprint density at radius 1 is 1.24 bits per heavy atom. The summed E-state index contributed by atoms with van der Waals surface area (Å²) in [5, 5.41) is 25.4. The average Bonchev–Trinajstić information content (AvgIpc) is 2.30. The number of halogens is 1. The zero-order valence-electron chi connectivity index (χ0n) is 8.66. The summed E-state index contributed by atoms with van der Waals surface area (Å²) in [7, 11) is 0. The Balaban J connectivity index is 2.58. The monoisotopic (exact) mass is 235 g/mol. The van der Waals surface area contributed by atoms with Crippen molar-refractivity contribution >= 4 is 5.69 Å². The summed E-state index contributed by atoms with van der Waals surface area (Å²) in [4.78, 5) is 10.1. The highest BCUT2D eigenvalue weighted by Crippen LogP contribution is 2.26. The van der Waals surface area contributed by atoms with Gasteiger partial charge in [-0.1, -0.05) is 0 Å². The lowest BCUT2D eigenvalue weighted by molar-refractivity contribution is -0.384. The normalized spacial score (nSPS) is 10.2. The summed E-state index contributed by atoms with van der Waals surface area (Å²) in [6.07, 6.45) is 0. The Morgan fingerprint density at radius 3 is 2.47 bits per heavy atom. The summed E-state index contributed by atoms with van der Waals surface area (Å²) >= 11 is 0. The van der Waals surface area contributed by atoms with Crippen LogP contribution in [0.5, 0.6) is 0 Å². The van der Waals surface area contributed by atoms with Gasteiger partial charge in [0.1, 0.15) is 11.4 Å². The molecule has 0 amide bonds. The van der Waals surface area contributed by atoms with E-state index in [1.165, 1.54) is 6.07 Å². The molecule has 1 heterocycles. The van der Waals surface area contributed by atoms with Crippen molar-refractivity contribution in [2.45, 2.75) is 6.92 Å². The van der Waals surface area contributed by atoms with Gasteiger partial charge in [-0.25, -0.2) is 4.39 Å². The van der Waals surface area contributed by atoms with Crippen molar-refractivity contribution in [3.8, 4) is 11.4 Å². The molecule has 1 aromatic heterocycles. The highest BCUT2D eigenvalue weighted by atomic mass is 19.1. The quantitative estimate of drug-likeness (QED) is 0.574. The van der Waals surface area contributed by atoms with Gasteiger partial charge in [0.05, 0.1) is 11.0 Å². The molecule has 86 valence electrons. The third-order valence-corrected chi connectivity index (χ3v) is 1.98. The van der Waals surface area contributed by atoms with E-state index in [0.29, 0.717) is 5.82 Å². The molecule has 0 saturated heterocycles. The van der Waals surface area contributed by atoms with Gasteiger partial charge in [0.15, 0.2) is 5.82 Å². The second kappa shape index (κ2) is 4.16. The number of rotatable bonds is 2. The molecule has 0 aliphatic heterocycles. The molecule has 2 rings (SSSR count). The lowest BCUT2D eigenvalue weighted by Crippen LogP contribution is -2.01. The molecule has 0 bridgehead atoms. The molecule has 0 saturated carbocycles. The van der Waals surface area contributed by atoms with Crippen molar-refractivity contribution in [2.24, 2.45) is 0 Å². The molecule has 2 aromatic rings. The van der Waals surface area contributed by atoms with Crippen LogP contribution in [0, 0.1) is 22.9 Å². The fourth-order valence-electron chi connectivity index (χ4n) is 1.23. The van der Waals surface area contributed by atoms with Crippen molar-refractivity contribution in [3.05, 3.63) is 40.0 Å². The second-order valence-corrected chi connectivity index (χ2v) is 3.19. The highest BCUT2D eigenvalue weighted by Gasteiger charge is 2.19. The standard InChI is InChI=1S/C9H6FN5O2/c1-5-11-13-9(14-12-5)7-3-2-6(10)4-8(7)15(16)17/h2-4H,1H3. The number of nitrogens with zero attached hydrogens (tertiary/aromatic N) is 5. The van der Waals surface area contributed by atoms with Crippen LogP contribution in [0.3, 0.4) is 0 Å². The smallest absolute Gasteiger partial charge is 0.258 e. The van der Waals surface area contributed by atoms with Crippen LogP contribution >= 0.6 is 0 Å². The van der Waals surface area contributed by atoms with Gasteiger partial charge in [-0.15, -0.1) is 20.4 Å². The van der Waals surface area contributed by atoms with Crippen LogP contribution in [0.2, 0.25) is 0 Å². The van der Waals surface area contributed by atoms with Gasteiger partial charge in [-0.2, -0.15) is 0 Å². The first kappa shape index (κ1) is 11.0. The number of aromatic nitrogens is 4. The summed E-state index contributed by atoms with van der Waals surface area (Å²) < 4.78 is 12.9. The summed E-state index contributed by atoms with van der Waals surface area (Å²) in [6, 6.07) is 3.12. The van der Waals surface area contributed by atoms with Gasteiger partial charge < -0.3 is 0 Å². The van der Waals surface area contributed by atoms with E-state index in [1.807, 2.05) is 0 Å². The molecule has 0 N–H and O–H groups in total. The number of aryl methyl sites for hydroxylation is 1. The van der Waals surface area contributed by atoms with Crippen LogP contribution in [0.4, 0.5) is 10.1 Å². The number of nitro groups is 1. The van der Waals surface area contributed by atoms with Crippen LogP contribution < -0.4 is 0 Å². The van der Waals surface area contributed by atoms with Gasteiger partial charge in [0.25, 0.3) is 5.69 Å². The average molecular weight is 235 g/mol. The molecule has 17 heavy (non-hydrogen) atoms. The van der Waals surface area contributed by atoms with Gasteiger partial charge in [0.2, 0.25) is 5.82 Å². The summed E-state index contributed by atoms with van der Waals surface area (Å²) in [6.45, 7) is 1.59. The lowest BCUT2D eigenvalue weighted by Gasteiger charge is -2.00. The summed E-state index contributed by atoms with van der Waals surface area (Å²) in [5.41, 5.74) is -0.339.